The van der Waals surface area contributed by atoms with Crippen LogP contribution in [0.15, 0.2) is 141 Å². The van der Waals surface area contributed by atoms with Crippen molar-refractivity contribution in [2.45, 2.75) is 56.7 Å². The van der Waals surface area contributed by atoms with Gasteiger partial charge in [0.05, 0.1) is 13.2 Å². The van der Waals surface area contributed by atoms with Gasteiger partial charge in [-0.25, -0.2) is 0 Å². The number of rotatable bonds is 15. The van der Waals surface area contributed by atoms with Crippen LogP contribution in [0.25, 0.3) is 0 Å². The predicted octanol–water partition coefficient (Wildman–Crippen LogP) is 9.48. The van der Waals surface area contributed by atoms with Crippen LogP contribution in [0.3, 0.4) is 0 Å². The van der Waals surface area contributed by atoms with Gasteiger partial charge in [-0.3, -0.25) is 0 Å². The topological polar surface area (TPSA) is 84.0 Å². The maximum atomic E-state index is 9.57. The Morgan fingerprint density at radius 2 is 0.962 bits per heavy atom. The van der Waals surface area contributed by atoms with Crippen LogP contribution in [-0.2, 0) is 33.1 Å². The van der Waals surface area contributed by atoms with E-state index >= 15 is 0 Å². The van der Waals surface area contributed by atoms with Gasteiger partial charge in [0.2, 0.25) is 0 Å². The molecule has 7 rings (SSSR count). The number of epoxide rings is 2. The Morgan fingerprint density at radius 3 is 1.34 bits per heavy atom. The van der Waals surface area contributed by atoms with E-state index in [9.17, 15) is 10.2 Å². The molecule has 2 unspecified atom stereocenters. The van der Waals surface area contributed by atoms with E-state index in [0.29, 0.717) is 13.2 Å². The number of hydrogen-bond donors (Lipinski definition) is 2. The molecule has 0 radical (unpaired) electrons. The van der Waals surface area contributed by atoms with Crippen molar-refractivity contribution in [1.29, 1.82) is 0 Å². The molecule has 6 nitrogen and oxygen atoms in total. The molecule has 6 heteroatoms. The Bertz CT molecular complexity index is 1850. The summed E-state index contributed by atoms with van der Waals surface area (Å²) in [5, 5.41) is 19.1. The van der Waals surface area contributed by atoms with Crippen LogP contribution in [-0.4, -0.2) is 48.8 Å². The van der Waals surface area contributed by atoms with E-state index in [2.05, 4.69) is 82.5 Å². The summed E-state index contributed by atoms with van der Waals surface area (Å²) < 4.78 is 22.5. The molecule has 5 aromatic carbocycles. The van der Waals surface area contributed by atoms with Gasteiger partial charge in [-0.2, -0.15) is 0 Å². The summed E-state index contributed by atoms with van der Waals surface area (Å²) in [6.45, 7) is 17.3. The van der Waals surface area contributed by atoms with Crippen LogP contribution in [0.1, 0.15) is 59.7 Å². The Hall–Kier alpha value is -5.30. The lowest BCUT2D eigenvalue weighted by Gasteiger charge is -2.32. The van der Waals surface area contributed by atoms with Crippen molar-refractivity contribution < 1.29 is 29.2 Å². The first-order valence-electron chi connectivity index (χ1n) is 18.2. The minimum atomic E-state index is -0.358. The van der Waals surface area contributed by atoms with Crippen LogP contribution < -0.4 is 9.47 Å². The molecule has 2 heterocycles. The van der Waals surface area contributed by atoms with Crippen molar-refractivity contribution >= 4 is 0 Å². The number of ether oxygens (including phenoxy) is 4. The highest BCUT2D eigenvalue weighted by molar-refractivity contribution is 5.51. The van der Waals surface area contributed by atoms with Crippen LogP contribution in [0.2, 0.25) is 0 Å². The Balaban J connectivity index is 0.000000192. The molecule has 0 bridgehead atoms. The van der Waals surface area contributed by atoms with Crippen molar-refractivity contribution in [3.05, 3.63) is 180 Å². The van der Waals surface area contributed by atoms with Gasteiger partial charge >= 0.3 is 0 Å². The summed E-state index contributed by atoms with van der Waals surface area (Å²) in [6.07, 6.45) is 5.85. The van der Waals surface area contributed by atoms with E-state index in [-0.39, 0.29) is 34.5 Å². The molecule has 2 fully saturated rings. The Kier molecular flexibility index (Phi) is 11.7. The molecule has 0 aromatic heterocycles. The molecule has 5 aromatic rings. The molecule has 0 saturated carbocycles. The third-order valence-electron chi connectivity index (χ3n) is 10.2. The predicted molar refractivity (Wildman–Crippen MR) is 211 cm³/mol. The van der Waals surface area contributed by atoms with Crippen LogP contribution in [0.5, 0.6) is 23.0 Å². The molecule has 0 amide bonds. The maximum Gasteiger partial charge on any atom is 0.122 e. The second-order valence-electron chi connectivity index (χ2n) is 14.4. The molecule has 2 atom stereocenters. The van der Waals surface area contributed by atoms with Gasteiger partial charge in [0.25, 0.3) is 0 Å². The second kappa shape index (κ2) is 16.6. The third kappa shape index (κ3) is 9.20. The van der Waals surface area contributed by atoms with E-state index < -0.39 is 0 Å². The van der Waals surface area contributed by atoms with Gasteiger partial charge in [0.15, 0.2) is 0 Å². The fraction of sp³-hybridized carbons (Fsp3) is 0.277. The lowest BCUT2D eigenvalue weighted by Crippen LogP contribution is -2.25. The van der Waals surface area contributed by atoms with Crippen LogP contribution in [0.4, 0.5) is 0 Å². The highest BCUT2D eigenvalue weighted by atomic mass is 16.6. The molecular weight excluding hydrogens is 661 g/mol. The van der Waals surface area contributed by atoms with Gasteiger partial charge in [0, 0.05) is 10.8 Å². The zero-order valence-electron chi connectivity index (χ0n) is 31.0. The first-order chi connectivity index (χ1) is 25.6. The van der Waals surface area contributed by atoms with E-state index in [0.717, 1.165) is 65.4 Å². The average molecular weight is 711 g/mol. The number of phenols is 2. The second-order valence-corrected chi connectivity index (χ2v) is 14.4. The SMILES string of the molecule is C=CCc1cc(C(C)(C)c2ccc(OCC3CO3)c(CC=C)c2)ccc1OCC1CO1.CC(c1ccccc1)(c1ccc(O)cc1)c1ccc(O)cc1. The minimum absolute atomic E-state index is 0.178. The molecule has 274 valence electrons. The maximum absolute atomic E-state index is 9.57. The number of phenolic OH excluding ortho intramolecular Hbond substituents is 2. The monoisotopic (exact) mass is 710 g/mol. The Labute approximate surface area is 314 Å². The molecule has 53 heavy (non-hydrogen) atoms. The summed E-state index contributed by atoms with van der Waals surface area (Å²) in [6, 6.07) is 37.8. The summed E-state index contributed by atoms with van der Waals surface area (Å²) in [4.78, 5) is 0. The van der Waals surface area contributed by atoms with Gasteiger partial charge < -0.3 is 29.2 Å². The highest BCUT2D eigenvalue weighted by Gasteiger charge is 2.31. The summed E-state index contributed by atoms with van der Waals surface area (Å²) >= 11 is 0. The number of allylic oxidation sites excluding steroid dienone is 2. The van der Waals surface area contributed by atoms with Crippen molar-refractivity contribution in [2.75, 3.05) is 26.4 Å². The molecule has 0 spiro atoms. The van der Waals surface area contributed by atoms with Gasteiger partial charge in [-0.1, -0.05) is 105 Å². The van der Waals surface area contributed by atoms with Crippen molar-refractivity contribution in [3.8, 4) is 23.0 Å². The summed E-state index contributed by atoms with van der Waals surface area (Å²) in [5.74, 6) is 2.33. The molecular formula is C47H50O6. The van der Waals surface area contributed by atoms with Gasteiger partial charge in [-0.15, -0.1) is 13.2 Å². The molecule has 2 aliphatic heterocycles. The molecule has 2 N–H and O–H groups in total. The minimum Gasteiger partial charge on any atom is -0.508 e. The molecule has 2 aliphatic rings. The fourth-order valence-electron chi connectivity index (χ4n) is 6.57. The standard InChI is InChI=1S/C27H32O4.C20H18O2/c1-5-7-19-13-21(9-11-25(19)30-17-23-15-28-23)27(3,4)22-10-12-26(20(14-22)8-6-2)31-18-24-16-29-24;1-20(15-5-3-2-4-6-15,16-7-11-18(21)12-8-16)17-9-13-19(22)14-10-17/h5-6,9-14,23-24H,1-2,7-8,15-18H2,3-4H3;2-14,21-22H,1H3. The number of benzene rings is 5. The van der Waals surface area contributed by atoms with Crippen LogP contribution in [0, 0.1) is 0 Å². The third-order valence-corrected chi connectivity index (χ3v) is 10.2. The quantitative estimate of drug-likeness (QED) is 0.0640. The van der Waals surface area contributed by atoms with E-state index in [1.807, 2.05) is 54.6 Å². The van der Waals surface area contributed by atoms with Gasteiger partial charge in [0.1, 0.15) is 48.4 Å². The van der Waals surface area contributed by atoms with Crippen molar-refractivity contribution in [1.82, 2.24) is 0 Å². The summed E-state index contributed by atoms with van der Waals surface area (Å²) in [5.41, 5.74) is 7.57. The van der Waals surface area contributed by atoms with E-state index in [4.69, 9.17) is 18.9 Å². The molecule has 0 aliphatic carbocycles. The lowest BCUT2D eigenvalue weighted by molar-refractivity contribution is 0.261. The van der Waals surface area contributed by atoms with E-state index in [1.54, 1.807) is 24.3 Å². The zero-order chi connectivity index (χ0) is 37.4. The van der Waals surface area contributed by atoms with Gasteiger partial charge in [-0.05, 0) is 95.1 Å². The van der Waals surface area contributed by atoms with Crippen LogP contribution >= 0.6 is 0 Å². The zero-order valence-corrected chi connectivity index (χ0v) is 31.0. The first-order valence-corrected chi connectivity index (χ1v) is 18.2. The highest BCUT2D eigenvalue weighted by Crippen LogP contribution is 2.40. The molecule has 2 saturated heterocycles. The number of aromatic hydroxyl groups is 2. The smallest absolute Gasteiger partial charge is 0.122 e. The fourth-order valence-corrected chi connectivity index (χ4v) is 6.57. The largest absolute Gasteiger partial charge is 0.508 e. The first kappa shape index (κ1) is 37.5. The normalized spacial score (nSPS) is 16.1. The summed E-state index contributed by atoms with van der Waals surface area (Å²) in [7, 11) is 0. The average Bonchev–Trinajstić information content (AvgIpc) is 4.12. The lowest BCUT2D eigenvalue weighted by atomic mass is 9.71. The van der Waals surface area contributed by atoms with Crippen molar-refractivity contribution in [3.63, 3.8) is 0 Å². The number of hydrogen-bond acceptors (Lipinski definition) is 6. The van der Waals surface area contributed by atoms with Crippen molar-refractivity contribution in [2.24, 2.45) is 0 Å². The van der Waals surface area contributed by atoms with E-state index in [1.165, 1.54) is 11.1 Å². The Morgan fingerprint density at radius 1 is 0.585 bits per heavy atom.